The van der Waals surface area contributed by atoms with Crippen molar-refractivity contribution in [3.8, 4) is 0 Å². The van der Waals surface area contributed by atoms with Gasteiger partial charge in [-0.15, -0.1) is 0 Å². The van der Waals surface area contributed by atoms with Crippen LogP contribution in [-0.4, -0.2) is 51.7 Å². The van der Waals surface area contributed by atoms with Gasteiger partial charge in [0.1, 0.15) is 5.70 Å². The zero-order chi connectivity index (χ0) is 20.1. The lowest BCUT2D eigenvalue weighted by atomic mass is 10.1. The number of carbonyl (C=O) groups excluding carboxylic acids is 3. The van der Waals surface area contributed by atoms with E-state index in [0.29, 0.717) is 18.8 Å². The Morgan fingerprint density at radius 1 is 1.04 bits per heavy atom. The Bertz CT molecular complexity index is 888. The van der Waals surface area contributed by atoms with Crippen LogP contribution in [0.5, 0.6) is 0 Å². The van der Waals surface area contributed by atoms with Crippen LogP contribution in [-0.2, 0) is 23.9 Å². The van der Waals surface area contributed by atoms with Crippen LogP contribution in [0.4, 0.5) is 11.4 Å². The summed E-state index contributed by atoms with van der Waals surface area (Å²) in [4.78, 5) is 40.3. The average Bonchev–Trinajstić information content (AvgIpc) is 2.95. The molecule has 2 aliphatic rings. The monoisotopic (exact) mass is 383 g/mol. The van der Waals surface area contributed by atoms with E-state index in [0.717, 1.165) is 5.69 Å². The molecule has 3 rings (SSSR count). The summed E-state index contributed by atoms with van der Waals surface area (Å²) < 4.78 is 9.77. The van der Waals surface area contributed by atoms with Gasteiger partial charge in [0, 0.05) is 19.3 Å². The molecular formula is C20H21N3O5. The SMILES string of the molecule is COC(=O)C1=C(C(=O)OC)N(c2ccccc2N2CCNC(=O)C2)C=CC=C1. The van der Waals surface area contributed by atoms with E-state index < -0.39 is 11.9 Å². The third-order valence-electron chi connectivity index (χ3n) is 4.41. The van der Waals surface area contributed by atoms with Crippen LogP contribution in [0.15, 0.2) is 60.0 Å². The quantitative estimate of drug-likeness (QED) is 0.780. The number of esters is 2. The van der Waals surface area contributed by atoms with Crippen molar-refractivity contribution in [1.29, 1.82) is 0 Å². The summed E-state index contributed by atoms with van der Waals surface area (Å²) in [7, 11) is 2.50. The van der Waals surface area contributed by atoms with E-state index in [9.17, 15) is 14.4 Å². The van der Waals surface area contributed by atoms with Gasteiger partial charge in [0.15, 0.2) is 0 Å². The number of nitrogens with zero attached hydrogens (tertiary/aromatic N) is 2. The second-order valence-corrected chi connectivity index (χ2v) is 6.08. The fourth-order valence-electron chi connectivity index (χ4n) is 3.13. The molecule has 0 atom stereocenters. The number of benzene rings is 1. The highest BCUT2D eigenvalue weighted by molar-refractivity contribution is 6.06. The van der Waals surface area contributed by atoms with Crippen LogP contribution in [0.3, 0.4) is 0 Å². The van der Waals surface area contributed by atoms with Crippen molar-refractivity contribution < 1.29 is 23.9 Å². The topological polar surface area (TPSA) is 88.2 Å². The lowest BCUT2D eigenvalue weighted by molar-refractivity contribution is -0.139. The number of amides is 1. The van der Waals surface area contributed by atoms with Crippen LogP contribution in [0.25, 0.3) is 0 Å². The first kappa shape index (κ1) is 19.2. The predicted octanol–water partition coefficient (Wildman–Crippen LogP) is 1.11. The largest absolute Gasteiger partial charge is 0.465 e. The molecule has 28 heavy (non-hydrogen) atoms. The van der Waals surface area contributed by atoms with Gasteiger partial charge in [-0.3, -0.25) is 4.79 Å². The van der Waals surface area contributed by atoms with Crippen LogP contribution in [0.1, 0.15) is 0 Å². The van der Waals surface area contributed by atoms with Gasteiger partial charge in [-0.05, 0) is 24.3 Å². The maximum absolute atomic E-state index is 12.6. The number of nitrogens with one attached hydrogen (secondary N) is 1. The Kier molecular flexibility index (Phi) is 5.78. The molecule has 0 radical (unpaired) electrons. The van der Waals surface area contributed by atoms with Crippen LogP contribution >= 0.6 is 0 Å². The van der Waals surface area contributed by atoms with Gasteiger partial charge in [0.05, 0.1) is 37.7 Å². The van der Waals surface area contributed by atoms with Crippen molar-refractivity contribution in [3.05, 3.63) is 60.0 Å². The Morgan fingerprint density at radius 3 is 2.43 bits per heavy atom. The number of hydrogen-bond acceptors (Lipinski definition) is 7. The fraction of sp³-hybridized carbons (Fsp3) is 0.250. The summed E-state index contributed by atoms with van der Waals surface area (Å²) >= 11 is 0. The molecule has 1 fully saturated rings. The zero-order valence-corrected chi connectivity index (χ0v) is 15.7. The number of methoxy groups -OCH3 is 2. The zero-order valence-electron chi connectivity index (χ0n) is 15.7. The second-order valence-electron chi connectivity index (χ2n) is 6.08. The minimum atomic E-state index is -0.678. The van der Waals surface area contributed by atoms with Crippen LogP contribution in [0.2, 0.25) is 0 Å². The van der Waals surface area contributed by atoms with Gasteiger partial charge in [0.25, 0.3) is 0 Å². The maximum Gasteiger partial charge on any atom is 0.355 e. The molecule has 0 aromatic heterocycles. The Balaban J connectivity index is 2.14. The van der Waals surface area contributed by atoms with Crippen molar-refractivity contribution in [1.82, 2.24) is 5.32 Å². The van der Waals surface area contributed by atoms with Crippen molar-refractivity contribution >= 4 is 29.2 Å². The number of rotatable bonds is 4. The first-order valence-electron chi connectivity index (χ1n) is 8.72. The molecule has 1 aromatic carbocycles. The number of anilines is 2. The molecule has 0 bridgehead atoms. The van der Waals surface area contributed by atoms with E-state index in [1.54, 1.807) is 23.3 Å². The lowest BCUT2D eigenvalue weighted by Gasteiger charge is -2.33. The Morgan fingerprint density at radius 2 is 1.75 bits per heavy atom. The lowest BCUT2D eigenvalue weighted by Crippen LogP contribution is -2.48. The molecule has 1 N–H and O–H groups in total. The highest BCUT2D eigenvalue weighted by atomic mass is 16.5. The third kappa shape index (κ3) is 3.75. The highest BCUT2D eigenvalue weighted by Crippen LogP contribution is 2.34. The van der Waals surface area contributed by atoms with Gasteiger partial charge in [-0.25, -0.2) is 9.59 Å². The first-order chi connectivity index (χ1) is 13.6. The van der Waals surface area contributed by atoms with E-state index in [2.05, 4.69) is 5.32 Å². The van der Waals surface area contributed by atoms with E-state index in [4.69, 9.17) is 9.47 Å². The van der Waals surface area contributed by atoms with Crippen LogP contribution in [0, 0.1) is 0 Å². The van der Waals surface area contributed by atoms with Crippen LogP contribution < -0.4 is 15.1 Å². The van der Waals surface area contributed by atoms with Crippen molar-refractivity contribution in [2.24, 2.45) is 0 Å². The number of piperazine rings is 1. The van der Waals surface area contributed by atoms with E-state index in [1.165, 1.54) is 20.3 Å². The van der Waals surface area contributed by atoms with Gasteiger partial charge in [-0.2, -0.15) is 0 Å². The molecule has 1 amide bonds. The molecule has 0 aliphatic carbocycles. The molecule has 0 unspecified atom stereocenters. The van der Waals surface area contributed by atoms with E-state index >= 15 is 0 Å². The molecule has 8 heteroatoms. The molecule has 0 saturated carbocycles. The first-order valence-corrected chi connectivity index (χ1v) is 8.72. The number of hydrogen-bond donors (Lipinski definition) is 1. The fourth-order valence-corrected chi connectivity index (χ4v) is 3.13. The summed E-state index contributed by atoms with van der Waals surface area (Å²) in [5, 5.41) is 2.79. The van der Waals surface area contributed by atoms with Gasteiger partial charge in [0.2, 0.25) is 5.91 Å². The molecule has 1 aromatic rings. The Labute approximate surface area is 162 Å². The van der Waals surface area contributed by atoms with Crippen molar-refractivity contribution in [2.45, 2.75) is 0 Å². The van der Waals surface area contributed by atoms with Crippen molar-refractivity contribution in [2.75, 3.05) is 43.7 Å². The van der Waals surface area contributed by atoms with E-state index in [1.807, 2.05) is 29.2 Å². The smallest absolute Gasteiger partial charge is 0.355 e. The normalized spacial score (nSPS) is 16.6. The molecule has 2 aliphatic heterocycles. The van der Waals surface area contributed by atoms with E-state index in [-0.39, 0.29) is 23.7 Å². The molecule has 2 heterocycles. The maximum atomic E-state index is 12.6. The number of carbonyl (C=O) groups is 3. The predicted molar refractivity (Wildman–Crippen MR) is 103 cm³/mol. The standard InChI is InChI=1S/C20H21N3O5/c1-27-19(25)14-7-5-6-11-23(18(14)20(26)28-2)16-9-4-3-8-15(16)22-12-10-21-17(24)13-22/h3-9,11H,10,12-13H2,1-2H3,(H,21,24). The summed E-state index contributed by atoms with van der Waals surface area (Å²) in [5.74, 6) is -1.41. The minimum Gasteiger partial charge on any atom is -0.465 e. The Hall–Kier alpha value is -3.55. The number of para-hydroxylation sites is 2. The third-order valence-corrected chi connectivity index (χ3v) is 4.41. The second kappa shape index (κ2) is 8.43. The molecule has 8 nitrogen and oxygen atoms in total. The van der Waals surface area contributed by atoms with Crippen molar-refractivity contribution in [3.63, 3.8) is 0 Å². The highest BCUT2D eigenvalue weighted by Gasteiger charge is 2.30. The van der Waals surface area contributed by atoms with Gasteiger partial charge < -0.3 is 24.6 Å². The summed E-state index contributed by atoms with van der Waals surface area (Å²) in [5.41, 5.74) is 1.51. The molecule has 1 saturated heterocycles. The number of allylic oxidation sites excluding steroid dienone is 2. The summed E-state index contributed by atoms with van der Waals surface area (Å²) in [6, 6.07) is 7.36. The molecule has 0 spiro atoms. The van der Waals surface area contributed by atoms with Gasteiger partial charge in [-0.1, -0.05) is 18.2 Å². The summed E-state index contributed by atoms with van der Waals surface area (Å²) in [6.07, 6.45) is 6.53. The molecule has 146 valence electrons. The molecular weight excluding hydrogens is 362 g/mol. The van der Waals surface area contributed by atoms with Gasteiger partial charge >= 0.3 is 11.9 Å². The average molecular weight is 383 g/mol. The number of ether oxygens (including phenoxy) is 2. The minimum absolute atomic E-state index is 0.0354. The summed E-state index contributed by atoms with van der Waals surface area (Å²) in [6.45, 7) is 1.35.